The maximum absolute atomic E-state index is 4.26. The molecule has 0 fully saturated rings. The van der Waals surface area contributed by atoms with Crippen molar-refractivity contribution >= 4 is 24.4 Å². The van der Waals surface area contributed by atoms with Gasteiger partial charge >= 0.3 is 0 Å². The van der Waals surface area contributed by atoms with Crippen molar-refractivity contribution in [2.24, 2.45) is 0 Å². The molecule has 0 aromatic carbocycles. The molecule has 0 aliphatic carbocycles. The first-order valence-corrected chi connectivity index (χ1v) is 4.70. The molecule has 8 heavy (non-hydrogen) atoms. The maximum atomic E-state index is 4.26. The zero-order chi connectivity index (χ0) is 6.41. The summed E-state index contributed by atoms with van der Waals surface area (Å²) in [5.74, 6) is 2.50. The second-order valence-corrected chi connectivity index (χ2v) is 4.11. The van der Waals surface area contributed by atoms with Crippen molar-refractivity contribution in [1.29, 1.82) is 0 Å². The predicted octanol–water partition coefficient (Wildman–Crippen LogP) is 2.45. The van der Waals surface area contributed by atoms with Gasteiger partial charge in [0.15, 0.2) is 0 Å². The molecule has 0 heterocycles. The summed E-state index contributed by atoms with van der Waals surface area (Å²) in [5, 5.41) is 0.578. The Labute approximate surface area is 61.8 Å². The third-order valence-electron chi connectivity index (χ3n) is 0.884. The molecule has 0 saturated carbocycles. The minimum absolute atomic E-state index is 0.578. The highest BCUT2D eigenvalue weighted by Gasteiger charge is 1.91. The Kier molecular flexibility index (Phi) is 6.34. The Bertz CT molecular complexity index is 43.8. The second-order valence-electron chi connectivity index (χ2n) is 1.83. The number of thioether (sulfide) groups is 1. The summed E-state index contributed by atoms with van der Waals surface area (Å²) < 4.78 is 0. The summed E-state index contributed by atoms with van der Waals surface area (Å²) in [5.41, 5.74) is 0. The molecule has 1 atom stereocenters. The van der Waals surface area contributed by atoms with Gasteiger partial charge in [-0.1, -0.05) is 13.8 Å². The maximum Gasteiger partial charge on any atom is -0.000374 e. The fourth-order valence-corrected chi connectivity index (χ4v) is 1.51. The standard InChI is InChI=1S/C6H14S2/c1-3-8-5-4-6(2)7/h6-7H,3-5H2,1-2H3. The number of hydrogen-bond donors (Lipinski definition) is 1. The zero-order valence-electron chi connectivity index (χ0n) is 5.55. The van der Waals surface area contributed by atoms with Crippen LogP contribution in [0.3, 0.4) is 0 Å². The zero-order valence-corrected chi connectivity index (χ0v) is 7.27. The Hall–Kier alpha value is 0.700. The van der Waals surface area contributed by atoms with Crippen LogP contribution in [0.25, 0.3) is 0 Å². The first kappa shape index (κ1) is 8.70. The van der Waals surface area contributed by atoms with Gasteiger partial charge in [-0.3, -0.25) is 0 Å². The fraction of sp³-hybridized carbons (Fsp3) is 1.00. The van der Waals surface area contributed by atoms with Gasteiger partial charge in [0.25, 0.3) is 0 Å². The first-order valence-electron chi connectivity index (χ1n) is 3.03. The van der Waals surface area contributed by atoms with Crippen molar-refractivity contribution < 1.29 is 0 Å². The van der Waals surface area contributed by atoms with E-state index in [1.54, 1.807) is 0 Å². The molecule has 0 aliphatic rings. The molecule has 0 bridgehead atoms. The SMILES string of the molecule is CCSCCC(C)S. The summed E-state index contributed by atoms with van der Waals surface area (Å²) in [6, 6.07) is 0. The van der Waals surface area contributed by atoms with Crippen molar-refractivity contribution in [2.45, 2.75) is 25.5 Å². The largest absolute Gasteiger partial charge is 0.176 e. The molecule has 0 radical (unpaired) electrons. The monoisotopic (exact) mass is 150 g/mol. The number of thiol groups is 1. The Morgan fingerprint density at radius 2 is 2.25 bits per heavy atom. The van der Waals surface area contributed by atoms with E-state index in [4.69, 9.17) is 0 Å². The van der Waals surface area contributed by atoms with Crippen LogP contribution < -0.4 is 0 Å². The molecule has 0 nitrogen and oxygen atoms in total. The molecule has 50 valence electrons. The molecule has 0 amide bonds. The van der Waals surface area contributed by atoms with Crippen LogP contribution in [-0.2, 0) is 0 Å². The van der Waals surface area contributed by atoms with Crippen LogP contribution in [0.5, 0.6) is 0 Å². The highest BCUT2D eigenvalue weighted by molar-refractivity contribution is 7.99. The van der Waals surface area contributed by atoms with Crippen LogP contribution in [-0.4, -0.2) is 16.8 Å². The molecule has 0 aliphatic heterocycles. The van der Waals surface area contributed by atoms with Crippen molar-refractivity contribution in [3.8, 4) is 0 Å². The molecule has 2 heteroatoms. The molecular weight excluding hydrogens is 136 g/mol. The van der Waals surface area contributed by atoms with Gasteiger partial charge in [-0.15, -0.1) is 0 Å². The van der Waals surface area contributed by atoms with Crippen molar-refractivity contribution in [2.75, 3.05) is 11.5 Å². The average Bonchev–Trinajstić information content (AvgIpc) is 1.66. The fourth-order valence-electron chi connectivity index (χ4n) is 0.398. The van der Waals surface area contributed by atoms with E-state index in [9.17, 15) is 0 Å². The first-order chi connectivity index (χ1) is 3.77. The predicted molar refractivity (Wildman–Crippen MR) is 46.1 cm³/mol. The Morgan fingerprint density at radius 3 is 2.62 bits per heavy atom. The normalized spacial score (nSPS) is 13.9. The average molecular weight is 150 g/mol. The van der Waals surface area contributed by atoms with Gasteiger partial charge in [0.1, 0.15) is 0 Å². The summed E-state index contributed by atoms with van der Waals surface area (Å²) in [4.78, 5) is 0. The minimum atomic E-state index is 0.578. The van der Waals surface area contributed by atoms with Crippen molar-refractivity contribution in [3.63, 3.8) is 0 Å². The van der Waals surface area contributed by atoms with Crippen LogP contribution in [0.2, 0.25) is 0 Å². The molecular formula is C6H14S2. The van der Waals surface area contributed by atoms with Crippen LogP contribution in [0.4, 0.5) is 0 Å². The lowest BCUT2D eigenvalue weighted by Gasteiger charge is -2.00. The van der Waals surface area contributed by atoms with Gasteiger partial charge in [0.2, 0.25) is 0 Å². The highest BCUT2D eigenvalue weighted by Crippen LogP contribution is 2.06. The second kappa shape index (κ2) is 5.83. The van der Waals surface area contributed by atoms with Crippen LogP contribution in [0, 0.1) is 0 Å². The summed E-state index contributed by atoms with van der Waals surface area (Å²) in [7, 11) is 0. The topological polar surface area (TPSA) is 0 Å². The van der Waals surface area contributed by atoms with Gasteiger partial charge in [-0.2, -0.15) is 24.4 Å². The van der Waals surface area contributed by atoms with E-state index < -0.39 is 0 Å². The van der Waals surface area contributed by atoms with Crippen molar-refractivity contribution in [1.82, 2.24) is 0 Å². The molecule has 0 aromatic heterocycles. The molecule has 1 unspecified atom stereocenters. The lowest BCUT2D eigenvalue weighted by molar-refractivity contribution is 0.924. The smallest absolute Gasteiger partial charge is 0.000374 e. The third-order valence-corrected chi connectivity index (χ3v) is 2.07. The van der Waals surface area contributed by atoms with E-state index in [0.29, 0.717) is 5.25 Å². The quantitative estimate of drug-likeness (QED) is 0.474. The lowest BCUT2D eigenvalue weighted by atomic mass is 10.4. The Balaban J connectivity index is 2.72. The van der Waals surface area contributed by atoms with Gasteiger partial charge < -0.3 is 0 Å². The minimum Gasteiger partial charge on any atom is -0.176 e. The number of rotatable bonds is 4. The van der Waals surface area contributed by atoms with E-state index in [2.05, 4.69) is 26.5 Å². The van der Waals surface area contributed by atoms with E-state index in [0.717, 1.165) is 0 Å². The van der Waals surface area contributed by atoms with Gasteiger partial charge in [-0.05, 0) is 23.2 Å². The summed E-state index contributed by atoms with van der Waals surface area (Å²) in [6.07, 6.45) is 1.24. The lowest BCUT2D eigenvalue weighted by Crippen LogP contribution is -1.92. The third kappa shape index (κ3) is 6.70. The molecule has 0 rings (SSSR count). The van der Waals surface area contributed by atoms with Gasteiger partial charge in [0.05, 0.1) is 0 Å². The molecule has 0 saturated heterocycles. The van der Waals surface area contributed by atoms with E-state index in [-0.39, 0.29) is 0 Å². The molecule has 0 spiro atoms. The van der Waals surface area contributed by atoms with Crippen LogP contribution in [0.15, 0.2) is 0 Å². The number of hydrogen-bond acceptors (Lipinski definition) is 2. The van der Waals surface area contributed by atoms with Crippen molar-refractivity contribution in [3.05, 3.63) is 0 Å². The van der Waals surface area contributed by atoms with E-state index in [1.807, 2.05) is 11.8 Å². The summed E-state index contributed by atoms with van der Waals surface area (Å²) in [6.45, 7) is 4.33. The Morgan fingerprint density at radius 1 is 1.62 bits per heavy atom. The molecule has 0 N–H and O–H groups in total. The molecule has 0 aromatic rings. The van der Waals surface area contributed by atoms with Crippen LogP contribution >= 0.6 is 24.4 Å². The van der Waals surface area contributed by atoms with E-state index >= 15 is 0 Å². The highest BCUT2D eigenvalue weighted by atomic mass is 32.2. The van der Waals surface area contributed by atoms with Gasteiger partial charge in [0, 0.05) is 0 Å². The van der Waals surface area contributed by atoms with E-state index in [1.165, 1.54) is 17.9 Å². The summed E-state index contributed by atoms with van der Waals surface area (Å²) >= 11 is 6.25. The van der Waals surface area contributed by atoms with Crippen LogP contribution in [0.1, 0.15) is 20.3 Å². The van der Waals surface area contributed by atoms with Gasteiger partial charge in [-0.25, -0.2) is 0 Å².